The lowest BCUT2D eigenvalue weighted by Gasteiger charge is -2.36. The van der Waals surface area contributed by atoms with Gasteiger partial charge in [0.15, 0.2) is 0 Å². The largest absolute Gasteiger partial charge is 0.388 e. The fourth-order valence-corrected chi connectivity index (χ4v) is 2.81. The molecule has 0 spiro atoms. The summed E-state index contributed by atoms with van der Waals surface area (Å²) in [7, 11) is 0. The highest BCUT2D eigenvalue weighted by Gasteiger charge is 2.26. The Morgan fingerprint density at radius 1 is 1.17 bits per heavy atom. The van der Waals surface area contributed by atoms with Crippen LogP contribution in [0.4, 0.5) is 0 Å². The summed E-state index contributed by atoms with van der Waals surface area (Å²) in [5.41, 5.74) is 0.988. The molecule has 0 saturated carbocycles. The van der Waals surface area contributed by atoms with Gasteiger partial charge in [-0.1, -0.05) is 23.7 Å². The first kappa shape index (κ1) is 13.9. The van der Waals surface area contributed by atoms with Crippen molar-refractivity contribution in [2.75, 3.05) is 13.1 Å². The first-order valence-electron chi connectivity index (χ1n) is 6.75. The molecule has 1 aromatic rings. The smallest absolute Gasteiger partial charge is 0.0819 e. The van der Waals surface area contributed by atoms with Gasteiger partial charge in [0.25, 0.3) is 0 Å². The van der Waals surface area contributed by atoms with E-state index in [4.69, 9.17) is 11.6 Å². The quantitative estimate of drug-likeness (QED) is 0.906. The van der Waals surface area contributed by atoms with Crippen LogP contribution in [-0.4, -0.2) is 29.1 Å². The molecule has 100 valence electrons. The molecule has 0 aliphatic carbocycles. The normalized spacial score (nSPS) is 20.3. The summed E-state index contributed by atoms with van der Waals surface area (Å²) < 4.78 is 0. The molecule has 0 aromatic heterocycles. The van der Waals surface area contributed by atoms with Gasteiger partial charge in [-0.15, -0.1) is 0 Å². The molecule has 1 heterocycles. The molecule has 0 amide bonds. The van der Waals surface area contributed by atoms with E-state index in [1.165, 1.54) is 0 Å². The molecule has 1 aliphatic rings. The van der Waals surface area contributed by atoms with Gasteiger partial charge >= 0.3 is 0 Å². The molecule has 1 aliphatic heterocycles. The number of aliphatic hydroxyl groups is 1. The van der Waals surface area contributed by atoms with E-state index in [1.807, 2.05) is 24.3 Å². The molecule has 0 bridgehead atoms. The highest BCUT2D eigenvalue weighted by Crippen LogP contribution is 2.31. The van der Waals surface area contributed by atoms with Crippen molar-refractivity contribution in [3.63, 3.8) is 0 Å². The van der Waals surface area contributed by atoms with Gasteiger partial charge in [0.05, 0.1) is 6.10 Å². The van der Waals surface area contributed by atoms with Crippen molar-refractivity contribution in [2.45, 2.75) is 38.8 Å². The van der Waals surface area contributed by atoms with E-state index in [9.17, 15) is 5.11 Å². The van der Waals surface area contributed by atoms with Gasteiger partial charge in [-0.2, -0.15) is 0 Å². The number of nitrogens with zero attached hydrogens (tertiary/aromatic N) is 1. The van der Waals surface area contributed by atoms with Crippen LogP contribution in [0.25, 0.3) is 0 Å². The van der Waals surface area contributed by atoms with Crippen molar-refractivity contribution in [3.05, 3.63) is 34.9 Å². The molecule has 2 nitrogen and oxygen atoms in total. The number of aliphatic hydroxyl groups excluding tert-OH is 1. The zero-order chi connectivity index (χ0) is 13.1. The van der Waals surface area contributed by atoms with Crippen LogP contribution in [0.1, 0.15) is 38.4 Å². The number of benzene rings is 1. The lowest BCUT2D eigenvalue weighted by atomic mass is 9.87. The predicted molar refractivity (Wildman–Crippen MR) is 75.8 cm³/mol. The molecular formula is C15H22ClNO. The first-order chi connectivity index (χ1) is 8.58. The molecule has 1 N–H and O–H groups in total. The standard InChI is InChI=1S/C15H22ClNO/c1-11(2)17-9-7-13(8-10-17)15(18)12-3-5-14(16)6-4-12/h3-6,11,13,15,18H,7-10H2,1-2H3. The van der Waals surface area contributed by atoms with Gasteiger partial charge in [-0.25, -0.2) is 0 Å². The van der Waals surface area contributed by atoms with Crippen molar-refractivity contribution in [3.8, 4) is 0 Å². The average molecular weight is 268 g/mol. The van der Waals surface area contributed by atoms with Crippen LogP contribution < -0.4 is 0 Å². The highest BCUT2D eigenvalue weighted by atomic mass is 35.5. The number of piperidine rings is 1. The second-order valence-electron chi connectivity index (χ2n) is 5.46. The van der Waals surface area contributed by atoms with Crippen LogP contribution in [0, 0.1) is 5.92 Å². The fraction of sp³-hybridized carbons (Fsp3) is 0.600. The Bertz CT molecular complexity index is 369. The molecular weight excluding hydrogens is 246 g/mol. The van der Waals surface area contributed by atoms with Crippen molar-refractivity contribution < 1.29 is 5.11 Å². The maximum Gasteiger partial charge on any atom is 0.0819 e. The minimum absolute atomic E-state index is 0.350. The van der Waals surface area contributed by atoms with Gasteiger partial charge in [0.2, 0.25) is 0 Å². The molecule has 2 rings (SSSR count). The molecule has 3 heteroatoms. The van der Waals surface area contributed by atoms with E-state index in [-0.39, 0.29) is 6.10 Å². The monoisotopic (exact) mass is 267 g/mol. The topological polar surface area (TPSA) is 23.5 Å². The van der Waals surface area contributed by atoms with Crippen LogP contribution in [0.3, 0.4) is 0 Å². The molecule has 1 fully saturated rings. The number of hydrogen-bond donors (Lipinski definition) is 1. The van der Waals surface area contributed by atoms with E-state index in [2.05, 4.69) is 18.7 Å². The van der Waals surface area contributed by atoms with Crippen LogP contribution in [-0.2, 0) is 0 Å². The molecule has 1 atom stereocenters. The van der Waals surface area contributed by atoms with Crippen LogP contribution in [0.2, 0.25) is 5.02 Å². The predicted octanol–water partition coefficient (Wildman–Crippen LogP) is 3.49. The van der Waals surface area contributed by atoms with Gasteiger partial charge in [0.1, 0.15) is 0 Å². The highest BCUT2D eigenvalue weighted by molar-refractivity contribution is 6.30. The molecule has 1 aromatic carbocycles. The lowest BCUT2D eigenvalue weighted by Crippen LogP contribution is -2.39. The van der Waals surface area contributed by atoms with E-state index in [1.54, 1.807) is 0 Å². The van der Waals surface area contributed by atoms with Crippen LogP contribution in [0.15, 0.2) is 24.3 Å². The zero-order valence-corrected chi connectivity index (χ0v) is 11.9. The molecule has 1 unspecified atom stereocenters. The summed E-state index contributed by atoms with van der Waals surface area (Å²) >= 11 is 5.87. The van der Waals surface area contributed by atoms with Crippen molar-refractivity contribution >= 4 is 11.6 Å². The lowest BCUT2D eigenvalue weighted by molar-refractivity contribution is 0.0499. The van der Waals surface area contributed by atoms with Gasteiger partial charge in [-0.3, -0.25) is 0 Å². The minimum Gasteiger partial charge on any atom is -0.388 e. The summed E-state index contributed by atoms with van der Waals surface area (Å²) in [5, 5.41) is 11.1. The second kappa shape index (κ2) is 6.05. The third-order valence-electron chi connectivity index (χ3n) is 3.96. The van der Waals surface area contributed by atoms with E-state index >= 15 is 0 Å². The molecule has 18 heavy (non-hydrogen) atoms. The number of rotatable bonds is 3. The van der Waals surface area contributed by atoms with Crippen LogP contribution >= 0.6 is 11.6 Å². The Morgan fingerprint density at radius 2 is 1.72 bits per heavy atom. The van der Waals surface area contributed by atoms with E-state index in [0.717, 1.165) is 36.5 Å². The third kappa shape index (κ3) is 3.25. The minimum atomic E-state index is -0.350. The molecule has 1 saturated heterocycles. The Balaban J connectivity index is 1.95. The number of hydrogen-bond acceptors (Lipinski definition) is 2. The Labute approximate surface area is 115 Å². The second-order valence-corrected chi connectivity index (χ2v) is 5.90. The zero-order valence-electron chi connectivity index (χ0n) is 11.1. The number of likely N-dealkylation sites (tertiary alicyclic amines) is 1. The Kier molecular flexibility index (Phi) is 4.66. The number of halogens is 1. The summed E-state index contributed by atoms with van der Waals surface area (Å²) in [6, 6.07) is 8.18. The van der Waals surface area contributed by atoms with E-state index < -0.39 is 0 Å². The SMILES string of the molecule is CC(C)N1CCC(C(O)c2ccc(Cl)cc2)CC1. The van der Waals surface area contributed by atoms with Crippen LogP contribution in [0.5, 0.6) is 0 Å². The van der Waals surface area contributed by atoms with Crippen molar-refractivity contribution in [1.29, 1.82) is 0 Å². The average Bonchev–Trinajstić information content (AvgIpc) is 2.39. The fourth-order valence-electron chi connectivity index (χ4n) is 2.68. The maximum absolute atomic E-state index is 10.4. The molecule has 0 radical (unpaired) electrons. The van der Waals surface area contributed by atoms with E-state index in [0.29, 0.717) is 12.0 Å². The van der Waals surface area contributed by atoms with Gasteiger partial charge in [0, 0.05) is 11.1 Å². The first-order valence-corrected chi connectivity index (χ1v) is 7.13. The summed E-state index contributed by atoms with van der Waals surface area (Å²) in [6.45, 7) is 6.64. The van der Waals surface area contributed by atoms with Gasteiger partial charge < -0.3 is 10.0 Å². The summed E-state index contributed by atoms with van der Waals surface area (Å²) in [5.74, 6) is 0.376. The van der Waals surface area contributed by atoms with Crippen molar-refractivity contribution in [1.82, 2.24) is 4.90 Å². The Hall–Kier alpha value is -0.570. The summed E-state index contributed by atoms with van der Waals surface area (Å²) in [6.07, 6.45) is 1.79. The summed E-state index contributed by atoms with van der Waals surface area (Å²) in [4.78, 5) is 2.48. The van der Waals surface area contributed by atoms with Gasteiger partial charge in [-0.05, 0) is 63.4 Å². The third-order valence-corrected chi connectivity index (χ3v) is 4.21. The van der Waals surface area contributed by atoms with Crippen molar-refractivity contribution in [2.24, 2.45) is 5.92 Å². The maximum atomic E-state index is 10.4. The Morgan fingerprint density at radius 3 is 2.22 bits per heavy atom.